The molecule has 2 amide bonds. The molecule has 5 rings (SSSR count). The first-order chi connectivity index (χ1) is 15.7. The van der Waals surface area contributed by atoms with Crippen LogP contribution in [0.3, 0.4) is 0 Å². The van der Waals surface area contributed by atoms with Gasteiger partial charge in [-0.2, -0.15) is 0 Å². The highest BCUT2D eigenvalue weighted by atomic mass is 16.2. The number of hydrogen-bond acceptors (Lipinski definition) is 3. The Morgan fingerprint density at radius 3 is 2.56 bits per heavy atom. The van der Waals surface area contributed by atoms with E-state index in [-0.39, 0.29) is 29.8 Å². The Hall–Kier alpha value is -2.82. The summed E-state index contributed by atoms with van der Waals surface area (Å²) in [5.41, 5.74) is 3.06. The first-order valence-corrected chi connectivity index (χ1v) is 12.2. The van der Waals surface area contributed by atoms with Crippen molar-refractivity contribution in [3.05, 3.63) is 65.7 Å². The van der Waals surface area contributed by atoms with Crippen LogP contribution in [0.4, 0.5) is 5.69 Å². The molecule has 5 heteroatoms. The Labute approximate surface area is 190 Å². The second-order valence-corrected chi connectivity index (χ2v) is 9.51. The van der Waals surface area contributed by atoms with Crippen molar-refractivity contribution >= 4 is 17.5 Å². The maximum absolute atomic E-state index is 13.9. The number of carbonyl (C=O) groups is 2. The summed E-state index contributed by atoms with van der Waals surface area (Å²) in [6.45, 7) is 3.03. The predicted octanol–water partition coefficient (Wildman–Crippen LogP) is 4.77. The van der Waals surface area contributed by atoms with E-state index in [2.05, 4.69) is 46.7 Å². The van der Waals surface area contributed by atoms with E-state index in [0.29, 0.717) is 17.5 Å². The minimum Gasteiger partial charge on any atom is -0.382 e. The van der Waals surface area contributed by atoms with Crippen LogP contribution in [-0.2, 0) is 4.79 Å². The molecule has 168 valence electrons. The lowest BCUT2D eigenvalue weighted by Crippen LogP contribution is -2.50. The fraction of sp³-hybridized carbons (Fsp3) is 0.481. The maximum Gasteiger partial charge on any atom is 0.251 e. The topological polar surface area (TPSA) is 61.4 Å². The summed E-state index contributed by atoms with van der Waals surface area (Å²) < 4.78 is 0. The summed E-state index contributed by atoms with van der Waals surface area (Å²) in [5, 5.41) is 6.92. The van der Waals surface area contributed by atoms with Gasteiger partial charge in [0.15, 0.2) is 0 Å². The average molecular weight is 432 g/mol. The largest absolute Gasteiger partial charge is 0.382 e. The van der Waals surface area contributed by atoms with E-state index in [1.807, 2.05) is 30.3 Å². The number of para-hydroxylation sites is 1. The lowest BCUT2D eigenvalue weighted by molar-refractivity contribution is -0.138. The third-order valence-corrected chi connectivity index (χ3v) is 7.74. The standard InChI is InChI=1S/C27H33N3O2/c1-2-22-20-16-17-30(25(20)19-12-6-8-14-23(19)28-22)27(32)21-13-7-9-15-24(21)29-26(31)18-10-4-3-5-11-18/h3-6,8,10-12,14,20-22,24-25,28H,2,7,9,13,15-17H2,1H3,(H,29,31)/t20-,21-,22+,24+,25+/m0/s1. The van der Waals surface area contributed by atoms with E-state index in [0.717, 1.165) is 50.8 Å². The van der Waals surface area contributed by atoms with Gasteiger partial charge < -0.3 is 15.5 Å². The van der Waals surface area contributed by atoms with E-state index in [1.165, 1.54) is 5.56 Å². The number of anilines is 1. The van der Waals surface area contributed by atoms with Gasteiger partial charge >= 0.3 is 0 Å². The molecule has 2 aliphatic heterocycles. The molecule has 2 N–H and O–H groups in total. The highest BCUT2D eigenvalue weighted by molar-refractivity contribution is 5.94. The first-order valence-electron chi connectivity index (χ1n) is 12.2. The van der Waals surface area contributed by atoms with Crippen LogP contribution in [-0.4, -0.2) is 35.3 Å². The van der Waals surface area contributed by atoms with Gasteiger partial charge in [0, 0.05) is 35.8 Å². The number of nitrogens with zero attached hydrogens (tertiary/aromatic N) is 1. The highest BCUT2D eigenvalue weighted by Crippen LogP contribution is 2.48. The zero-order valence-electron chi connectivity index (χ0n) is 18.8. The third-order valence-electron chi connectivity index (χ3n) is 7.74. The molecule has 0 unspecified atom stereocenters. The molecule has 5 nitrogen and oxygen atoms in total. The van der Waals surface area contributed by atoms with E-state index < -0.39 is 0 Å². The normalized spacial score (nSPS) is 28.9. The Morgan fingerprint density at radius 2 is 1.75 bits per heavy atom. The molecular formula is C27H33N3O2. The van der Waals surface area contributed by atoms with Crippen molar-refractivity contribution in [3.8, 4) is 0 Å². The lowest BCUT2D eigenvalue weighted by Gasteiger charge is -2.41. The van der Waals surface area contributed by atoms with Crippen LogP contribution in [0.15, 0.2) is 54.6 Å². The number of likely N-dealkylation sites (tertiary alicyclic amines) is 1. The molecular weight excluding hydrogens is 398 g/mol. The van der Waals surface area contributed by atoms with Crippen molar-refractivity contribution in [2.24, 2.45) is 11.8 Å². The van der Waals surface area contributed by atoms with Crippen LogP contribution in [0.1, 0.15) is 67.4 Å². The summed E-state index contributed by atoms with van der Waals surface area (Å²) in [7, 11) is 0. The van der Waals surface area contributed by atoms with E-state index in [9.17, 15) is 9.59 Å². The van der Waals surface area contributed by atoms with Gasteiger partial charge in [0.2, 0.25) is 5.91 Å². The zero-order chi connectivity index (χ0) is 22.1. The molecule has 3 aliphatic rings. The molecule has 0 bridgehead atoms. The molecule has 0 radical (unpaired) electrons. The van der Waals surface area contributed by atoms with Gasteiger partial charge in [0.1, 0.15) is 0 Å². The summed E-state index contributed by atoms with van der Waals surface area (Å²) in [5.74, 6) is 0.451. The van der Waals surface area contributed by atoms with Gasteiger partial charge in [0.05, 0.1) is 12.0 Å². The van der Waals surface area contributed by atoms with Gasteiger partial charge in [-0.15, -0.1) is 0 Å². The fourth-order valence-electron chi connectivity index (χ4n) is 6.13. The third kappa shape index (κ3) is 3.78. The van der Waals surface area contributed by atoms with Gasteiger partial charge in [-0.25, -0.2) is 0 Å². The van der Waals surface area contributed by atoms with Gasteiger partial charge in [-0.1, -0.05) is 56.2 Å². The van der Waals surface area contributed by atoms with Crippen LogP contribution in [0.2, 0.25) is 0 Å². The second-order valence-electron chi connectivity index (χ2n) is 9.51. The highest BCUT2D eigenvalue weighted by Gasteiger charge is 2.47. The smallest absolute Gasteiger partial charge is 0.251 e. The Morgan fingerprint density at radius 1 is 1.00 bits per heavy atom. The summed E-state index contributed by atoms with van der Waals surface area (Å²) >= 11 is 0. The first kappa shape index (κ1) is 21.0. The minimum absolute atomic E-state index is 0.0761. The molecule has 5 atom stereocenters. The van der Waals surface area contributed by atoms with Crippen molar-refractivity contribution in [3.63, 3.8) is 0 Å². The fourth-order valence-corrected chi connectivity index (χ4v) is 6.13. The number of nitrogens with one attached hydrogen (secondary N) is 2. The summed E-state index contributed by atoms with van der Waals surface area (Å²) in [6, 6.07) is 18.2. The number of benzene rings is 2. The van der Waals surface area contributed by atoms with Crippen molar-refractivity contribution in [2.75, 3.05) is 11.9 Å². The zero-order valence-corrected chi connectivity index (χ0v) is 18.8. The van der Waals surface area contributed by atoms with Crippen molar-refractivity contribution < 1.29 is 9.59 Å². The van der Waals surface area contributed by atoms with Crippen molar-refractivity contribution in [2.45, 2.75) is 63.6 Å². The Balaban J connectivity index is 1.38. The summed E-state index contributed by atoms with van der Waals surface area (Å²) in [4.78, 5) is 28.9. The number of amides is 2. The summed E-state index contributed by atoms with van der Waals surface area (Å²) in [6.07, 6.45) is 5.91. The SMILES string of the molecule is CC[C@H]1Nc2ccccc2[C@@H]2[C@H]1CCN2C(=O)[C@H]1CCCC[C@H]1NC(=O)c1ccccc1. The number of hydrogen-bond donors (Lipinski definition) is 2. The molecule has 2 fully saturated rings. The van der Waals surface area contributed by atoms with Crippen LogP contribution >= 0.6 is 0 Å². The van der Waals surface area contributed by atoms with Gasteiger partial charge in [0.25, 0.3) is 5.91 Å². The number of carbonyl (C=O) groups excluding carboxylic acids is 2. The molecule has 0 spiro atoms. The molecule has 1 saturated carbocycles. The second kappa shape index (κ2) is 8.97. The van der Waals surface area contributed by atoms with Crippen LogP contribution < -0.4 is 10.6 Å². The minimum atomic E-state index is -0.141. The van der Waals surface area contributed by atoms with E-state index in [4.69, 9.17) is 0 Å². The average Bonchev–Trinajstić information content (AvgIpc) is 3.29. The van der Waals surface area contributed by atoms with Crippen LogP contribution in [0.5, 0.6) is 0 Å². The number of rotatable bonds is 4. The number of fused-ring (bicyclic) bond motifs is 3. The van der Waals surface area contributed by atoms with Crippen LogP contribution in [0.25, 0.3) is 0 Å². The molecule has 32 heavy (non-hydrogen) atoms. The Kier molecular flexibility index (Phi) is 5.90. The Bertz CT molecular complexity index is 976. The van der Waals surface area contributed by atoms with Gasteiger partial charge in [-0.05, 0) is 49.4 Å². The molecule has 2 heterocycles. The van der Waals surface area contributed by atoms with E-state index >= 15 is 0 Å². The molecule has 0 aromatic heterocycles. The van der Waals surface area contributed by atoms with Crippen molar-refractivity contribution in [1.82, 2.24) is 10.2 Å². The van der Waals surface area contributed by atoms with Gasteiger partial charge in [-0.3, -0.25) is 9.59 Å². The van der Waals surface area contributed by atoms with Crippen LogP contribution in [0, 0.1) is 11.8 Å². The van der Waals surface area contributed by atoms with E-state index in [1.54, 1.807) is 0 Å². The maximum atomic E-state index is 13.9. The molecule has 1 aliphatic carbocycles. The predicted molar refractivity (Wildman–Crippen MR) is 126 cm³/mol. The molecule has 2 aromatic carbocycles. The van der Waals surface area contributed by atoms with Crippen molar-refractivity contribution in [1.29, 1.82) is 0 Å². The molecule has 2 aromatic rings. The molecule has 1 saturated heterocycles. The lowest BCUT2D eigenvalue weighted by atomic mass is 9.80. The quantitative estimate of drug-likeness (QED) is 0.733. The monoisotopic (exact) mass is 431 g/mol.